The molecule has 3 unspecified atom stereocenters. The van der Waals surface area contributed by atoms with Crippen LogP contribution in [0.4, 0.5) is 11.4 Å². The van der Waals surface area contributed by atoms with Gasteiger partial charge in [0.15, 0.2) is 5.69 Å². The Balaban J connectivity index is 1.49. The number of aryl methyl sites for hydroxylation is 1. The Labute approximate surface area is 197 Å². The van der Waals surface area contributed by atoms with E-state index >= 15 is 0 Å². The molecule has 0 radical (unpaired) electrons. The van der Waals surface area contributed by atoms with Crippen LogP contribution in [0.1, 0.15) is 47.2 Å². The SMILES string of the molecule is Cc1c2c(nn1C)C(=O)N1c3ccc4[nH]cnc4c3-c3cc(N4CC(C)NC(C)C4)ccc3C21. The van der Waals surface area contributed by atoms with Crippen molar-refractivity contribution in [3.8, 4) is 11.1 Å². The number of nitrogens with one attached hydrogen (secondary N) is 2. The fraction of sp³-hybridized carbons (Fsp3) is 0.346. The first kappa shape index (κ1) is 19.8. The minimum absolute atomic E-state index is 0.0423. The van der Waals surface area contributed by atoms with E-state index in [0.717, 1.165) is 57.8 Å². The van der Waals surface area contributed by atoms with Crippen molar-refractivity contribution in [2.24, 2.45) is 7.05 Å². The number of carbonyl (C=O) groups excluding carboxylic acids is 1. The van der Waals surface area contributed by atoms with E-state index in [1.165, 1.54) is 5.69 Å². The predicted molar refractivity (Wildman–Crippen MR) is 132 cm³/mol. The molecule has 3 atom stereocenters. The van der Waals surface area contributed by atoms with Crippen LogP contribution in [0.5, 0.6) is 0 Å². The molecule has 34 heavy (non-hydrogen) atoms. The number of benzene rings is 2. The van der Waals surface area contributed by atoms with Gasteiger partial charge in [0.25, 0.3) is 5.91 Å². The minimum Gasteiger partial charge on any atom is -0.368 e. The number of piperazine rings is 1. The average molecular weight is 454 g/mol. The molecule has 2 aromatic heterocycles. The Morgan fingerprint density at radius 3 is 2.68 bits per heavy atom. The Morgan fingerprint density at radius 2 is 1.88 bits per heavy atom. The first-order valence-electron chi connectivity index (χ1n) is 11.9. The summed E-state index contributed by atoms with van der Waals surface area (Å²) in [6, 6.07) is 11.5. The highest BCUT2D eigenvalue weighted by atomic mass is 16.2. The van der Waals surface area contributed by atoms with Crippen LogP contribution in [0, 0.1) is 6.92 Å². The number of aromatic amines is 1. The Hall–Kier alpha value is -3.65. The molecular weight excluding hydrogens is 426 g/mol. The van der Waals surface area contributed by atoms with E-state index < -0.39 is 0 Å². The van der Waals surface area contributed by atoms with Crippen molar-refractivity contribution in [3.05, 3.63) is 59.2 Å². The van der Waals surface area contributed by atoms with E-state index in [2.05, 4.69) is 57.3 Å². The normalized spacial score (nSPS) is 23.2. The lowest BCUT2D eigenvalue weighted by atomic mass is 9.85. The fourth-order valence-corrected chi connectivity index (χ4v) is 6.21. The van der Waals surface area contributed by atoms with Crippen LogP contribution in [0.25, 0.3) is 22.2 Å². The lowest BCUT2D eigenvalue weighted by molar-refractivity contribution is 0.0987. The summed E-state index contributed by atoms with van der Waals surface area (Å²) in [6.45, 7) is 8.44. The summed E-state index contributed by atoms with van der Waals surface area (Å²) < 4.78 is 1.82. The summed E-state index contributed by atoms with van der Waals surface area (Å²) in [5, 5.41) is 8.21. The molecule has 5 heterocycles. The third kappa shape index (κ3) is 2.49. The van der Waals surface area contributed by atoms with Crippen molar-refractivity contribution in [1.29, 1.82) is 0 Å². The van der Waals surface area contributed by atoms with Gasteiger partial charge in [-0.05, 0) is 56.2 Å². The van der Waals surface area contributed by atoms with Gasteiger partial charge in [0, 0.05) is 54.7 Å². The maximum atomic E-state index is 13.6. The largest absolute Gasteiger partial charge is 0.368 e. The fourth-order valence-electron chi connectivity index (χ4n) is 6.21. The summed E-state index contributed by atoms with van der Waals surface area (Å²) in [7, 11) is 1.91. The monoisotopic (exact) mass is 453 g/mol. The van der Waals surface area contributed by atoms with Gasteiger partial charge in [-0.3, -0.25) is 14.4 Å². The lowest BCUT2D eigenvalue weighted by Gasteiger charge is -2.39. The second-order valence-corrected chi connectivity index (χ2v) is 9.95. The van der Waals surface area contributed by atoms with Gasteiger partial charge in [-0.25, -0.2) is 4.98 Å². The third-order valence-electron chi connectivity index (χ3n) is 7.69. The second kappa shape index (κ2) is 6.70. The number of carbonyl (C=O) groups is 1. The van der Waals surface area contributed by atoms with Gasteiger partial charge in [0.05, 0.1) is 29.1 Å². The van der Waals surface area contributed by atoms with Crippen LogP contribution in [0.2, 0.25) is 0 Å². The molecule has 0 bridgehead atoms. The van der Waals surface area contributed by atoms with E-state index in [9.17, 15) is 4.79 Å². The van der Waals surface area contributed by atoms with Crippen LogP contribution in [-0.4, -0.2) is 50.8 Å². The number of fused-ring (bicyclic) bond motifs is 10. The van der Waals surface area contributed by atoms with Crippen molar-refractivity contribution in [2.75, 3.05) is 22.9 Å². The molecule has 3 aliphatic rings. The topological polar surface area (TPSA) is 82.1 Å². The molecule has 7 rings (SSSR count). The molecule has 4 aromatic rings. The highest BCUT2D eigenvalue weighted by Crippen LogP contribution is 2.54. The molecule has 172 valence electrons. The van der Waals surface area contributed by atoms with E-state index in [-0.39, 0.29) is 11.9 Å². The smallest absolute Gasteiger partial charge is 0.280 e. The van der Waals surface area contributed by atoms with Crippen molar-refractivity contribution in [1.82, 2.24) is 25.1 Å². The molecule has 0 aliphatic carbocycles. The first-order chi connectivity index (χ1) is 16.4. The van der Waals surface area contributed by atoms with E-state index in [1.807, 2.05) is 35.7 Å². The second-order valence-electron chi connectivity index (χ2n) is 9.95. The highest BCUT2D eigenvalue weighted by Gasteiger charge is 2.47. The van der Waals surface area contributed by atoms with Crippen molar-refractivity contribution >= 4 is 28.3 Å². The van der Waals surface area contributed by atoms with Crippen molar-refractivity contribution < 1.29 is 4.79 Å². The average Bonchev–Trinajstić information content (AvgIpc) is 3.48. The van der Waals surface area contributed by atoms with Gasteiger partial charge >= 0.3 is 0 Å². The minimum atomic E-state index is -0.176. The number of hydrogen-bond donors (Lipinski definition) is 2. The molecule has 2 aromatic carbocycles. The maximum Gasteiger partial charge on any atom is 0.280 e. The van der Waals surface area contributed by atoms with Crippen LogP contribution >= 0.6 is 0 Å². The summed E-state index contributed by atoms with van der Waals surface area (Å²) in [6.07, 6.45) is 1.73. The van der Waals surface area contributed by atoms with Crippen LogP contribution in [0.15, 0.2) is 36.7 Å². The predicted octanol–water partition coefficient (Wildman–Crippen LogP) is 3.52. The lowest BCUT2D eigenvalue weighted by Crippen LogP contribution is -2.54. The zero-order valence-corrected chi connectivity index (χ0v) is 19.8. The van der Waals surface area contributed by atoms with Gasteiger partial charge in [-0.15, -0.1) is 0 Å². The van der Waals surface area contributed by atoms with Gasteiger partial charge in [-0.1, -0.05) is 6.07 Å². The van der Waals surface area contributed by atoms with Gasteiger partial charge < -0.3 is 15.2 Å². The number of amides is 1. The van der Waals surface area contributed by atoms with E-state index in [1.54, 1.807) is 6.33 Å². The Bertz CT molecular complexity index is 1490. The number of H-pyrrole nitrogens is 1. The molecule has 0 spiro atoms. The van der Waals surface area contributed by atoms with Crippen LogP contribution < -0.4 is 15.1 Å². The molecular formula is C26H27N7O. The number of hydrogen-bond acceptors (Lipinski definition) is 5. The number of imidazole rings is 1. The van der Waals surface area contributed by atoms with E-state index in [0.29, 0.717) is 17.8 Å². The molecule has 8 heteroatoms. The number of nitrogens with zero attached hydrogens (tertiary/aromatic N) is 5. The zero-order chi connectivity index (χ0) is 23.3. The molecule has 0 saturated carbocycles. The zero-order valence-electron chi connectivity index (χ0n) is 19.8. The molecule has 3 aliphatic heterocycles. The summed E-state index contributed by atoms with van der Waals surface area (Å²) in [5.41, 5.74) is 9.87. The number of rotatable bonds is 1. The maximum absolute atomic E-state index is 13.6. The third-order valence-corrected chi connectivity index (χ3v) is 7.69. The molecule has 2 N–H and O–H groups in total. The van der Waals surface area contributed by atoms with Crippen LogP contribution in [0.3, 0.4) is 0 Å². The summed E-state index contributed by atoms with van der Waals surface area (Å²) in [5.74, 6) is -0.0423. The number of aromatic nitrogens is 4. The van der Waals surface area contributed by atoms with Gasteiger partial charge in [0.2, 0.25) is 0 Å². The summed E-state index contributed by atoms with van der Waals surface area (Å²) in [4.78, 5) is 25.9. The van der Waals surface area contributed by atoms with Gasteiger partial charge in [-0.2, -0.15) is 5.10 Å². The Morgan fingerprint density at radius 1 is 1.09 bits per heavy atom. The number of anilines is 2. The van der Waals surface area contributed by atoms with Crippen molar-refractivity contribution in [3.63, 3.8) is 0 Å². The van der Waals surface area contributed by atoms with Crippen molar-refractivity contribution in [2.45, 2.75) is 38.9 Å². The standard InChI is InChI=1S/C26H27N7O/c1-13-10-32(11-14(2)29-13)16-5-6-17-18(9-16)22-20(8-7-19-23(22)28-12-27-19)33-25(17)21-15(3)31(4)30-24(21)26(33)34/h5-9,12-14,25,29H,10-11H2,1-4H3,(H,27,28). The molecule has 1 fully saturated rings. The molecule has 8 nitrogen and oxygen atoms in total. The Kier molecular flexibility index (Phi) is 3.90. The summed E-state index contributed by atoms with van der Waals surface area (Å²) >= 11 is 0. The van der Waals surface area contributed by atoms with Crippen LogP contribution in [-0.2, 0) is 7.05 Å². The first-order valence-corrected chi connectivity index (χ1v) is 11.9. The van der Waals surface area contributed by atoms with Gasteiger partial charge in [0.1, 0.15) is 0 Å². The highest BCUT2D eigenvalue weighted by molar-refractivity contribution is 6.17. The quantitative estimate of drug-likeness (QED) is 0.461. The molecule has 1 saturated heterocycles. The molecule has 1 amide bonds. The van der Waals surface area contributed by atoms with E-state index in [4.69, 9.17) is 0 Å².